The van der Waals surface area contributed by atoms with Gasteiger partial charge in [0.2, 0.25) is 0 Å². The molecule has 4 heteroatoms. The van der Waals surface area contributed by atoms with E-state index in [-0.39, 0.29) is 12.0 Å². The number of rotatable bonds is 9. The highest BCUT2D eigenvalue weighted by molar-refractivity contribution is 5.82. The zero-order chi connectivity index (χ0) is 20.2. The van der Waals surface area contributed by atoms with Gasteiger partial charge in [-0.1, -0.05) is 25.5 Å². The second-order valence-corrected chi connectivity index (χ2v) is 8.34. The molecular formula is C25H31NO3. The Bertz CT molecular complexity index is 805. The minimum absolute atomic E-state index is 0.213. The van der Waals surface area contributed by atoms with E-state index in [1.54, 1.807) is 0 Å². The molecule has 1 saturated heterocycles. The number of benzene rings is 2. The highest BCUT2D eigenvalue weighted by Gasteiger charge is 2.29. The Labute approximate surface area is 173 Å². The molecule has 0 radical (unpaired) electrons. The summed E-state index contributed by atoms with van der Waals surface area (Å²) in [4.78, 5) is 14.5. The van der Waals surface area contributed by atoms with Gasteiger partial charge in [-0.2, -0.15) is 0 Å². The average Bonchev–Trinajstić information content (AvgIpc) is 2.64. The van der Waals surface area contributed by atoms with Gasteiger partial charge in [-0.25, -0.2) is 0 Å². The molecule has 0 bridgehead atoms. The van der Waals surface area contributed by atoms with Crippen molar-refractivity contribution in [3.63, 3.8) is 0 Å². The minimum Gasteiger partial charge on any atom is -0.494 e. The van der Waals surface area contributed by atoms with Crippen LogP contribution in [0.15, 0.2) is 48.5 Å². The first-order chi connectivity index (χ1) is 14.1. The molecule has 0 spiro atoms. The molecule has 29 heavy (non-hydrogen) atoms. The third-order valence-corrected chi connectivity index (χ3v) is 6.18. The number of nitrogens with zero attached hydrogens (tertiary/aromatic N) is 1. The Morgan fingerprint density at radius 2 is 1.69 bits per heavy atom. The van der Waals surface area contributed by atoms with Crippen LogP contribution in [0.25, 0.3) is 0 Å². The van der Waals surface area contributed by atoms with Crippen molar-refractivity contribution < 1.29 is 14.3 Å². The van der Waals surface area contributed by atoms with E-state index in [1.165, 1.54) is 17.7 Å². The number of hydrogen-bond acceptors (Lipinski definition) is 4. The fourth-order valence-electron chi connectivity index (χ4n) is 4.03. The van der Waals surface area contributed by atoms with Crippen LogP contribution in [0.5, 0.6) is 11.5 Å². The van der Waals surface area contributed by atoms with Crippen molar-refractivity contribution in [3.05, 3.63) is 54.1 Å². The number of carbonyl (C=O) groups is 1. The molecule has 2 aromatic rings. The normalized spacial score (nSPS) is 17.9. The monoisotopic (exact) mass is 393 g/mol. The summed E-state index contributed by atoms with van der Waals surface area (Å²) in [7, 11) is 0. The van der Waals surface area contributed by atoms with Gasteiger partial charge in [0.1, 0.15) is 23.4 Å². The summed E-state index contributed by atoms with van der Waals surface area (Å²) in [5, 5.41) is 0. The molecule has 0 N–H and O–H groups in total. The third-order valence-electron chi connectivity index (χ3n) is 6.18. The Balaban J connectivity index is 1.24. The van der Waals surface area contributed by atoms with Crippen LogP contribution in [-0.2, 0) is 4.79 Å². The number of Topliss-reactive ketones (excluding diaryl/α,β-unsaturated/α-hetero) is 1. The molecule has 1 heterocycles. The fraction of sp³-hybridized carbons (Fsp3) is 0.480. The van der Waals surface area contributed by atoms with Gasteiger partial charge in [0.05, 0.1) is 19.7 Å². The lowest BCUT2D eigenvalue weighted by Crippen LogP contribution is -2.54. The van der Waals surface area contributed by atoms with Gasteiger partial charge in [-0.3, -0.25) is 4.79 Å². The van der Waals surface area contributed by atoms with Crippen LogP contribution in [0.4, 0.5) is 5.69 Å². The number of ether oxygens (including phenoxy) is 2. The molecule has 4 nitrogen and oxygen atoms in total. The van der Waals surface area contributed by atoms with Gasteiger partial charge >= 0.3 is 0 Å². The number of carbonyl (C=O) groups excluding carboxylic acids is 1. The van der Waals surface area contributed by atoms with Crippen molar-refractivity contribution in [2.45, 2.75) is 51.6 Å². The minimum atomic E-state index is 0.213. The SMILES string of the molecule is CCOc1ccc(N2CC(Oc3ccc([C@H](C)CC(=O)C4CCC4)cc3)C2)cc1. The van der Waals surface area contributed by atoms with Crippen molar-refractivity contribution >= 4 is 11.5 Å². The zero-order valence-electron chi connectivity index (χ0n) is 17.5. The molecule has 2 aliphatic rings. The van der Waals surface area contributed by atoms with Crippen molar-refractivity contribution in [3.8, 4) is 11.5 Å². The second-order valence-electron chi connectivity index (χ2n) is 8.34. The van der Waals surface area contributed by atoms with Gasteiger partial charge in [0.25, 0.3) is 0 Å². The molecule has 4 rings (SSSR count). The average molecular weight is 394 g/mol. The van der Waals surface area contributed by atoms with E-state index in [2.05, 4.69) is 36.1 Å². The van der Waals surface area contributed by atoms with Crippen LogP contribution < -0.4 is 14.4 Å². The first-order valence-electron chi connectivity index (χ1n) is 10.9. The topological polar surface area (TPSA) is 38.8 Å². The summed E-state index contributed by atoms with van der Waals surface area (Å²) in [6.07, 6.45) is 4.27. The largest absolute Gasteiger partial charge is 0.494 e. The Kier molecular flexibility index (Phi) is 6.08. The third kappa shape index (κ3) is 4.75. The van der Waals surface area contributed by atoms with Crippen molar-refractivity contribution in [1.29, 1.82) is 0 Å². The summed E-state index contributed by atoms with van der Waals surface area (Å²) >= 11 is 0. The van der Waals surface area contributed by atoms with Gasteiger partial charge in [-0.05, 0) is 67.6 Å². The van der Waals surface area contributed by atoms with E-state index in [0.717, 1.165) is 37.4 Å². The molecule has 2 fully saturated rings. The van der Waals surface area contributed by atoms with Gasteiger partial charge in [-0.15, -0.1) is 0 Å². The van der Waals surface area contributed by atoms with Crippen LogP contribution in [0.1, 0.15) is 51.0 Å². The van der Waals surface area contributed by atoms with Gasteiger partial charge in [0, 0.05) is 18.0 Å². The molecule has 2 aromatic carbocycles. The summed E-state index contributed by atoms with van der Waals surface area (Å²) in [6, 6.07) is 16.5. The van der Waals surface area contributed by atoms with E-state index in [0.29, 0.717) is 24.7 Å². The molecule has 1 saturated carbocycles. The highest BCUT2D eigenvalue weighted by Crippen LogP contribution is 2.32. The van der Waals surface area contributed by atoms with E-state index in [1.807, 2.05) is 31.2 Å². The maximum atomic E-state index is 12.2. The van der Waals surface area contributed by atoms with Crippen LogP contribution in [0.2, 0.25) is 0 Å². The van der Waals surface area contributed by atoms with Gasteiger partial charge in [0.15, 0.2) is 0 Å². The standard InChI is InChI=1S/C25H31NO3/c1-3-28-22-13-9-21(10-14-22)26-16-24(17-26)29-23-11-7-19(8-12-23)18(2)15-25(27)20-5-4-6-20/h7-14,18,20,24H,3-6,15-17H2,1-2H3/t18-/m1/s1. The Morgan fingerprint density at radius 1 is 1.03 bits per heavy atom. The smallest absolute Gasteiger partial charge is 0.136 e. The quantitative estimate of drug-likeness (QED) is 0.586. The molecule has 0 aromatic heterocycles. The molecule has 1 aliphatic heterocycles. The molecule has 1 aliphatic carbocycles. The van der Waals surface area contributed by atoms with E-state index in [4.69, 9.17) is 9.47 Å². The van der Waals surface area contributed by atoms with E-state index in [9.17, 15) is 4.79 Å². The zero-order valence-corrected chi connectivity index (χ0v) is 17.5. The second kappa shape index (κ2) is 8.89. The van der Waals surface area contributed by atoms with Crippen LogP contribution >= 0.6 is 0 Å². The molecular weight excluding hydrogens is 362 g/mol. The maximum Gasteiger partial charge on any atom is 0.136 e. The first-order valence-corrected chi connectivity index (χ1v) is 10.9. The number of ketones is 1. The summed E-state index contributed by atoms with van der Waals surface area (Å²) in [6.45, 7) is 6.61. The summed E-state index contributed by atoms with van der Waals surface area (Å²) < 4.78 is 11.6. The Morgan fingerprint density at radius 3 is 2.28 bits per heavy atom. The molecule has 154 valence electrons. The molecule has 1 atom stereocenters. The van der Waals surface area contributed by atoms with E-state index >= 15 is 0 Å². The summed E-state index contributed by atoms with van der Waals surface area (Å²) in [5.74, 6) is 2.86. The summed E-state index contributed by atoms with van der Waals surface area (Å²) in [5.41, 5.74) is 2.42. The van der Waals surface area contributed by atoms with Crippen LogP contribution in [-0.4, -0.2) is 31.6 Å². The lowest BCUT2D eigenvalue weighted by Gasteiger charge is -2.40. The van der Waals surface area contributed by atoms with Crippen molar-refractivity contribution in [1.82, 2.24) is 0 Å². The van der Waals surface area contributed by atoms with E-state index < -0.39 is 0 Å². The maximum absolute atomic E-state index is 12.2. The fourth-order valence-corrected chi connectivity index (χ4v) is 4.03. The number of anilines is 1. The lowest BCUT2D eigenvalue weighted by atomic mass is 9.79. The highest BCUT2D eigenvalue weighted by atomic mass is 16.5. The predicted octanol–water partition coefficient (Wildman–Crippen LogP) is 5.22. The van der Waals surface area contributed by atoms with Crippen molar-refractivity contribution in [2.75, 3.05) is 24.6 Å². The Hall–Kier alpha value is -2.49. The van der Waals surface area contributed by atoms with Crippen LogP contribution in [0, 0.1) is 5.92 Å². The van der Waals surface area contributed by atoms with Gasteiger partial charge < -0.3 is 14.4 Å². The van der Waals surface area contributed by atoms with Crippen LogP contribution in [0.3, 0.4) is 0 Å². The first kappa shape index (κ1) is 19.8. The lowest BCUT2D eigenvalue weighted by molar-refractivity contribution is -0.125. The molecule has 0 unspecified atom stereocenters. The van der Waals surface area contributed by atoms with Crippen molar-refractivity contribution in [2.24, 2.45) is 5.92 Å². The molecule has 0 amide bonds. The predicted molar refractivity (Wildman–Crippen MR) is 116 cm³/mol. The number of hydrogen-bond donors (Lipinski definition) is 0.